The molecule has 0 aromatic carbocycles. The van der Waals surface area contributed by atoms with Crippen LogP contribution in [-0.2, 0) is 11.2 Å². The topological polar surface area (TPSA) is 109 Å². The number of amides is 2. The molecule has 4 rings (SSSR count). The summed E-state index contributed by atoms with van der Waals surface area (Å²) < 4.78 is 5.12. The number of carbonyl (C=O) groups is 2. The van der Waals surface area contributed by atoms with Gasteiger partial charge < -0.3 is 25.4 Å². The zero-order valence-corrected chi connectivity index (χ0v) is 18.4. The van der Waals surface area contributed by atoms with Crippen LogP contribution < -0.4 is 15.4 Å². The van der Waals surface area contributed by atoms with Gasteiger partial charge in [0.25, 0.3) is 0 Å². The van der Waals surface area contributed by atoms with E-state index in [4.69, 9.17) is 15.5 Å². The average Bonchev–Trinajstić information content (AvgIpc) is 3.05. The van der Waals surface area contributed by atoms with Gasteiger partial charge >= 0.3 is 6.09 Å². The number of nitrogens with two attached hydrogens (primary N) is 1. The van der Waals surface area contributed by atoms with Crippen LogP contribution in [0.25, 0.3) is 0 Å². The summed E-state index contributed by atoms with van der Waals surface area (Å²) in [4.78, 5) is 33.8. The molecule has 3 heterocycles. The van der Waals surface area contributed by atoms with E-state index >= 15 is 0 Å². The number of aryl methyl sites for hydroxylation is 1. The van der Waals surface area contributed by atoms with E-state index < -0.39 is 6.09 Å². The van der Waals surface area contributed by atoms with Crippen molar-refractivity contribution >= 4 is 17.8 Å². The van der Waals surface area contributed by atoms with Crippen molar-refractivity contribution in [2.24, 2.45) is 11.1 Å². The molecule has 1 aromatic rings. The molecule has 170 valence electrons. The Hall–Kier alpha value is -2.35. The summed E-state index contributed by atoms with van der Waals surface area (Å²) in [5, 5.41) is 9.82. The molecule has 1 spiro atoms. The highest BCUT2D eigenvalue weighted by molar-refractivity contribution is 5.86. The minimum atomic E-state index is -0.837. The zero-order valence-electron chi connectivity index (χ0n) is 18.4. The third-order valence-electron chi connectivity index (χ3n) is 7.17. The van der Waals surface area contributed by atoms with Crippen LogP contribution in [0, 0.1) is 5.41 Å². The van der Waals surface area contributed by atoms with Gasteiger partial charge in [0.2, 0.25) is 5.91 Å². The van der Waals surface area contributed by atoms with Crippen LogP contribution in [0.15, 0.2) is 12.1 Å². The molecule has 1 aliphatic carbocycles. The van der Waals surface area contributed by atoms with Crippen LogP contribution in [0.2, 0.25) is 0 Å². The number of primary amides is 1. The van der Waals surface area contributed by atoms with Crippen LogP contribution in [0.4, 0.5) is 10.6 Å². The van der Waals surface area contributed by atoms with E-state index in [9.17, 15) is 14.7 Å². The van der Waals surface area contributed by atoms with Crippen LogP contribution in [0.1, 0.15) is 64.0 Å². The first kappa shape index (κ1) is 21.9. The molecular formula is C23H34N4O4. The molecule has 3 aliphatic rings. The molecule has 8 heteroatoms. The summed E-state index contributed by atoms with van der Waals surface area (Å²) >= 11 is 0. The number of nitrogens with zero attached hydrogens (tertiary/aromatic N) is 3. The Morgan fingerprint density at radius 3 is 2.74 bits per heavy atom. The van der Waals surface area contributed by atoms with E-state index in [0.717, 1.165) is 76.0 Å². The Balaban J connectivity index is 1.50. The summed E-state index contributed by atoms with van der Waals surface area (Å²) in [5.41, 5.74) is 5.57. The molecule has 0 unspecified atom stereocenters. The van der Waals surface area contributed by atoms with Crippen molar-refractivity contribution in [1.29, 1.82) is 0 Å². The minimum absolute atomic E-state index is 0.210. The molecule has 2 amide bonds. The van der Waals surface area contributed by atoms with Crippen LogP contribution in [0.5, 0.6) is 5.75 Å². The highest BCUT2D eigenvalue weighted by Gasteiger charge is 2.50. The predicted octanol–water partition coefficient (Wildman–Crippen LogP) is 2.61. The fourth-order valence-corrected chi connectivity index (χ4v) is 5.54. The van der Waals surface area contributed by atoms with Crippen molar-refractivity contribution in [2.45, 2.75) is 76.9 Å². The zero-order chi connectivity index (χ0) is 22.0. The van der Waals surface area contributed by atoms with Gasteiger partial charge in [-0.25, -0.2) is 9.78 Å². The quantitative estimate of drug-likeness (QED) is 0.743. The number of pyridine rings is 1. The van der Waals surface area contributed by atoms with E-state index in [1.807, 2.05) is 13.0 Å². The van der Waals surface area contributed by atoms with Gasteiger partial charge in [0.15, 0.2) is 5.75 Å². The first-order valence-corrected chi connectivity index (χ1v) is 11.6. The maximum atomic E-state index is 13.5. The smallest absolute Gasteiger partial charge is 0.409 e. The Labute approximate surface area is 183 Å². The van der Waals surface area contributed by atoms with Gasteiger partial charge in [-0.15, -0.1) is 0 Å². The number of aliphatic hydroxyl groups excluding tert-OH is 1. The second-order valence-corrected chi connectivity index (χ2v) is 9.30. The number of aromatic nitrogens is 1. The first-order valence-electron chi connectivity index (χ1n) is 11.6. The molecule has 1 aromatic heterocycles. The van der Waals surface area contributed by atoms with Crippen molar-refractivity contribution in [2.75, 3.05) is 24.5 Å². The number of ether oxygens (including phenoxy) is 1. The van der Waals surface area contributed by atoms with Gasteiger partial charge in [-0.05, 0) is 63.5 Å². The van der Waals surface area contributed by atoms with Gasteiger partial charge in [-0.2, -0.15) is 0 Å². The van der Waals surface area contributed by atoms with E-state index in [2.05, 4.69) is 9.80 Å². The van der Waals surface area contributed by atoms with Crippen molar-refractivity contribution in [3.05, 3.63) is 17.8 Å². The molecule has 31 heavy (non-hydrogen) atoms. The number of hydrogen-bond acceptors (Lipinski definition) is 6. The lowest BCUT2D eigenvalue weighted by molar-refractivity contribution is -0.139. The molecule has 1 saturated carbocycles. The Kier molecular flexibility index (Phi) is 6.36. The lowest BCUT2D eigenvalue weighted by atomic mass is 9.78. The van der Waals surface area contributed by atoms with E-state index in [1.165, 1.54) is 0 Å². The monoisotopic (exact) mass is 430 g/mol. The highest BCUT2D eigenvalue weighted by Crippen LogP contribution is 2.43. The van der Waals surface area contributed by atoms with Gasteiger partial charge in [-0.3, -0.25) is 4.79 Å². The van der Waals surface area contributed by atoms with Crippen molar-refractivity contribution in [3.8, 4) is 5.75 Å². The van der Waals surface area contributed by atoms with Crippen LogP contribution >= 0.6 is 0 Å². The molecule has 0 bridgehead atoms. The second kappa shape index (κ2) is 9.02. The predicted molar refractivity (Wildman–Crippen MR) is 117 cm³/mol. The Morgan fingerprint density at radius 1 is 1.26 bits per heavy atom. The van der Waals surface area contributed by atoms with Gasteiger partial charge in [0.1, 0.15) is 5.82 Å². The average molecular weight is 431 g/mol. The Bertz CT molecular complexity index is 824. The van der Waals surface area contributed by atoms with Crippen LogP contribution in [0.3, 0.4) is 0 Å². The fraction of sp³-hybridized carbons (Fsp3) is 0.696. The Morgan fingerprint density at radius 2 is 2.03 bits per heavy atom. The van der Waals surface area contributed by atoms with Gasteiger partial charge in [-0.1, -0.05) is 13.3 Å². The third-order valence-corrected chi connectivity index (χ3v) is 7.17. The van der Waals surface area contributed by atoms with E-state index in [-0.39, 0.29) is 23.5 Å². The molecule has 2 aliphatic heterocycles. The molecule has 3 fully saturated rings. The number of rotatable bonds is 5. The maximum Gasteiger partial charge on any atom is 0.410 e. The number of carbonyl (C=O) groups excluding carboxylic acids is 2. The number of likely N-dealkylation sites (tertiary alicyclic amines) is 1. The molecule has 0 radical (unpaired) electrons. The second-order valence-electron chi connectivity index (χ2n) is 9.30. The van der Waals surface area contributed by atoms with Crippen molar-refractivity contribution in [3.63, 3.8) is 0 Å². The minimum Gasteiger partial charge on any atom is -0.409 e. The van der Waals surface area contributed by atoms with Crippen molar-refractivity contribution < 1.29 is 19.4 Å². The van der Waals surface area contributed by atoms with Gasteiger partial charge in [0.05, 0.1) is 17.2 Å². The normalized spacial score (nSPS) is 28.9. The highest BCUT2D eigenvalue weighted by atomic mass is 16.5. The third kappa shape index (κ3) is 4.49. The fourth-order valence-electron chi connectivity index (χ4n) is 5.54. The molecule has 2 saturated heterocycles. The number of hydrogen-bond donors (Lipinski definition) is 2. The van der Waals surface area contributed by atoms with Crippen molar-refractivity contribution in [1.82, 2.24) is 9.88 Å². The standard InChI is InChI=1S/C23H34N4O4/c1-2-4-18-19(31-22(24)30)9-10-20(25-18)26-13-3-11-23(15-26)12-14-27(21(23)29)16-5-7-17(28)8-6-16/h9-10,16-17,28H,2-8,11-15H2,1H3,(H2,24,30)/t16?,17?,23-/m1/s1. The summed E-state index contributed by atoms with van der Waals surface area (Å²) in [5.74, 6) is 1.51. The molecule has 3 N–H and O–H groups in total. The number of aliphatic hydroxyl groups is 1. The van der Waals surface area contributed by atoms with E-state index in [1.54, 1.807) is 6.07 Å². The maximum absolute atomic E-state index is 13.5. The summed E-state index contributed by atoms with van der Waals surface area (Å²) in [6.45, 7) is 4.40. The first-order chi connectivity index (χ1) is 14.9. The van der Waals surface area contributed by atoms with Crippen LogP contribution in [-0.4, -0.2) is 58.8 Å². The number of piperidine rings is 1. The molecular weight excluding hydrogens is 396 g/mol. The lowest BCUT2D eigenvalue weighted by Crippen LogP contribution is -2.50. The SMILES string of the molecule is CCCc1nc(N2CCC[C@@]3(CCN(C4CCC(O)CC4)C3=O)C2)ccc1OC(N)=O. The lowest BCUT2D eigenvalue weighted by Gasteiger charge is -2.41. The molecule has 8 nitrogen and oxygen atoms in total. The molecule has 1 atom stereocenters. The summed E-state index contributed by atoms with van der Waals surface area (Å²) in [6, 6.07) is 3.89. The largest absolute Gasteiger partial charge is 0.410 e. The van der Waals surface area contributed by atoms with E-state index in [0.29, 0.717) is 18.7 Å². The number of anilines is 1. The summed E-state index contributed by atoms with van der Waals surface area (Å²) in [6.07, 6.45) is 6.64. The summed E-state index contributed by atoms with van der Waals surface area (Å²) in [7, 11) is 0. The van der Waals surface area contributed by atoms with Gasteiger partial charge in [0, 0.05) is 25.7 Å².